The van der Waals surface area contributed by atoms with Gasteiger partial charge in [-0.1, -0.05) is 12.1 Å². The minimum Gasteiger partial charge on any atom is -0.370 e. The molecule has 166 valence electrons. The van der Waals surface area contributed by atoms with Gasteiger partial charge in [-0.3, -0.25) is 4.79 Å². The number of piperazine rings is 1. The average molecular weight is 427 g/mol. The minimum absolute atomic E-state index is 0.0856. The van der Waals surface area contributed by atoms with Crippen LogP contribution in [0.25, 0.3) is 0 Å². The van der Waals surface area contributed by atoms with Gasteiger partial charge in [-0.2, -0.15) is 0 Å². The first-order valence-corrected chi connectivity index (χ1v) is 10.5. The van der Waals surface area contributed by atoms with Crippen LogP contribution < -0.4 is 16.0 Å². The third kappa shape index (κ3) is 6.68. The Bertz CT molecular complexity index is 891. The molecule has 2 aromatic rings. The molecule has 0 bridgehead atoms. The van der Waals surface area contributed by atoms with Crippen LogP contribution in [0.4, 0.5) is 10.1 Å². The number of carbonyl (C=O) groups excluding carboxylic acids is 1. The maximum atomic E-state index is 13.1. The number of aliphatic imine (C=N–C) groups is 1. The molecule has 3 N–H and O–H groups in total. The molecule has 0 atom stereocenters. The lowest BCUT2D eigenvalue weighted by molar-refractivity contribution is 0.0951. The fraction of sp³-hybridized carbons (Fsp3) is 0.391. The molecule has 0 aromatic heterocycles. The van der Waals surface area contributed by atoms with Gasteiger partial charge in [0.25, 0.3) is 5.91 Å². The number of anilines is 1. The highest BCUT2D eigenvalue weighted by Gasteiger charge is 2.18. The van der Waals surface area contributed by atoms with E-state index < -0.39 is 0 Å². The predicted molar refractivity (Wildman–Crippen MR) is 123 cm³/mol. The molecule has 1 aliphatic rings. The van der Waals surface area contributed by atoms with Gasteiger partial charge in [0, 0.05) is 50.5 Å². The highest BCUT2D eigenvalue weighted by Crippen LogP contribution is 2.17. The van der Waals surface area contributed by atoms with Gasteiger partial charge in [0.1, 0.15) is 5.82 Å². The van der Waals surface area contributed by atoms with Crippen molar-refractivity contribution in [1.29, 1.82) is 0 Å². The van der Waals surface area contributed by atoms with E-state index in [1.54, 1.807) is 18.2 Å². The van der Waals surface area contributed by atoms with Gasteiger partial charge < -0.3 is 25.8 Å². The van der Waals surface area contributed by atoms with Crippen LogP contribution in [0.1, 0.15) is 15.9 Å². The van der Waals surface area contributed by atoms with Gasteiger partial charge in [0.15, 0.2) is 5.96 Å². The number of amides is 1. The molecule has 3 rings (SSSR count). The fourth-order valence-electron chi connectivity index (χ4n) is 3.42. The Kier molecular flexibility index (Phi) is 7.83. The summed E-state index contributed by atoms with van der Waals surface area (Å²) in [6.45, 7) is 4.91. The number of guanidine groups is 1. The molecule has 0 aliphatic carbocycles. The topological polar surface area (TPSA) is 77.2 Å². The smallest absolute Gasteiger partial charge is 0.251 e. The summed E-state index contributed by atoms with van der Waals surface area (Å²) >= 11 is 0. The van der Waals surface area contributed by atoms with Crippen LogP contribution in [0, 0.1) is 5.82 Å². The van der Waals surface area contributed by atoms with Crippen molar-refractivity contribution < 1.29 is 9.18 Å². The van der Waals surface area contributed by atoms with Crippen molar-refractivity contribution in [2.75, 3.05) is 58.3 Å². The van der Waals surface area contributed by atoms with Crippen molar-refractivity contribution in [2.24, 2.45) is 10.7 Å². The maximum Gasteiger partial charge on any atom is 0.251 e. The second kappa shape index (κ2) is 10.8. The van der Waals surface area contributed by atoms with Gasteiger partial charge in [0.05, 0.1) is 6.54 Å². The zero-order chi connectivity index (χ0) is 22.2. The second-order valence-corrected chi connectivity index (χ2v) is 7.88. The number of rotatable bonds is 7. The Morgan fingerprint density at radius 1 is 1.13 bits per heavy atom. The van der Waals surface area contributed by atoms with Crippen LogP contribution in [0.2, 0.25) is 0 Å². The SMILES string of the molecule is CN(C)CCNC(=O)c1cccc(CN=C(N)N2CCN(c3ccc(F)cc3)CC2)c1. The summed E-state index contributed by atoms with van der Waals surface area (Å²) in [5, 5.41) is 2.92. The molecule has 2 aromatic carbocycles. The molecule has 31 heavy (non-hydrogen) atoms. The van der Waals surface area contributed by atoms with E-state index in [1.165, 1.54) is 12.1 Å². The van der Waals surface area contributed by atoms with Crippen LogP contribution in [0.5, 0.6) is 0 Å². The van der Waals surface area contributed by atoms with Crippen molar-refractivity contribution in [1.82, 2.24) is 15.1 Å². The normalized spacial score (nSPS) is 14.8. The van der Waals surface area contributed by atoms with Gasteiger partial charge in [0.2, 0.25) is 0 Å². The number of benzene rings is 2. The van der Waals surface area contributed by atoms with Crippen LogP contribution in [0.15, 0.2) is 53.5 Å². The summed E-state index contributed by atoms with van der Waals surface area (Å²) in [7, 11) is 3.94. The number of nitrogens with two attached hydrogens (primary N) is 1. The summed E-state index contributed by atoms with van der Waals surface area (Å²) in [6.07, 6.45) is 0. The Morgan fingerprint density at radius 2 is 1.84 bits per heavy atom. The number of hydrogen-bond acceptors (Lipinski definition) is 4. The highest BCUT2D eigenvalue weighted by molar-refractivity contribution is 5.94. The summed E-state index contributed by atoms with van der Waals surface area (Å²) in [5.41, 5.74) is 8.79. The molecule has 1 saturated heterocycles. The summed E-state index contributed by atoms with van der Waals surface area (Å²) in [5.74, 6) is 0.186. The molecule has 1 fully saturated rings. The molecule has 0 saturated carbocycles. The van der Waals surface area contributed by atoms with Crippen molar-refractivity contribution in [3.8, 4) is 0 Å². The molecule has 0 spiro atoms. The minimum atomic E-state index is -0.228. The molecule has 1 aliphatic heterocycles. The first-order valence-electron chi connectivity index (χ1n) is 10.5. The fourth-order valence-corrected chi connectivity index (χ4v) is 3.42. The molecule has 0 radical (unpaired) electrons. The molecular weight excluding hydrogens is 395 g/mol. The molecule has 1 heterocycles. The Balaban J connectivity index is 1.51. The number of carbonyl (C=O) groups is 1. The quantitative estimate of drug-likeness (QED) is 0.521. The van der Waals surface area contributed by atoms with Crippen molar-refractivity contribution in [2.45, 2.75) is 6.54 Å². The van der Waals surface area contributed by atoms with E-state index in [2.05, 4.69) is 20.1 Å². The Morgan fingerprint density at radius 3 is 2.52 bits per heavy atom. The lowest BCUT2D eigenvalue weighted by Crippen LogP contribution is -2.51. The number of nitrogens with zero attached hydrogens (tertiary/aromatic N) is 4. The van der Waals surface area contributed by atoms with Gasteiger partial charge in [-0.05, 0) is 56.1 Å². The van der Waals surface area contributed by atoms with E-state index in [-0.39, 0.29) is 11.7 Å². The first kappa shape index (κ1) is 22.6. The van der Waals surface area contributed by atoms with E-state index in [9.17, 15) is 9.18 Å². The van der Waals surface area contributed by atoms with Gasteiger partial charge >= 0.3 is 0 Å². The molecular formula is C23H31FN6O. The van der Waals surface area contributed by atoms with E-state index in [0.29, 0.717) is 24.6 Å². The van der Waals surface area contributed by atoms with Gasteiger partial charge in [-0.25, -0.2) is 9.38 Å². The first-order chi connectivity index (χ1) is 14.9. The van der Waals surface area contributed by atoms with Crippen molar-refractivity contribution in [3.05, 3.63) is 65.5 Å². The number of nitrogens with one attached hydrogen (secondary N) is 1. The second-order valence-electron chi connectivity index (χ2n) is 7.88. The third-order valence-corrected chi connectivity index (χ3v) is 5.25. The number of halogens is 1. The van der Waals surface area contributed by atoms with E-state index >= 15 is 0 Å². The monoisotopic (exact) mass is 426 g/mol. The Hall–Kier alpha value is -3.13. The molecule has 7 nitrogen and oxygen atoms in total. The lowest BCUT2D eigenvalue weighted by Gasteiger charge is -2.36. The summed E-state index contributed by atoms with van der Waals surface area (Å²) < 4.78 is 13.1. The summed E-state index contributed by atoms with van der Waals surface area (Å²) in [4.78, 5) is 23.1. The average Bonchev–Trinajstić information content (AvgIpc) is 2.78. The van der Waals surface area contributed by atoms with E-state index in [1.807, 2.05) is 37.2 Å². The highest BCUT2D eigenvalue weighted by atomic mass is 19.1. The largest absolute Gasteiger partial charge is 0.370 e. The lowest BCUT2D eigenvalue weighted by atomic mass is 10.1. The number of hydrogen-bond donors (Lipinski definition) is 2. The van der Waals surface area contributed by atoms with Crippen LogP contribution in [-0.4, -0.2) is 75.0 Å². The molecule has 0 unspecified atom stereocenters. The molecule has 1 amide bonds. The van der Waals surface area contributed by atoms with E-state index in [4.69, 9.17) is 5.73 Å². The molecule has 8 heteroatoms. The van der Waals surface area contributed by atoms with Crippen LogP contribution in [0.3, 0.4) is 0 Å². The number of likely N-dealkylation sites (N-methyl/N-ethyl adjacent to an activating group) is 1. The zero-order valence-corrected chi connectivity index (χ0v) is 18.2. The third-order valence-electron chi connectivity index (χ3n) is 5.25. The Labute approximate surface area is 183 Å². The van der Waals surface area contributed by atoms with Crippen LogP contribution in [-0.2, 0) is 6.54 Å². The standard InChI is InChI=1S/C23H31FN6O/c1-28(2)11-10-26-22(31)19-5-3-4-18(16-19)17-27-23(25)30-14-12-29(13-15-30)21-8-6-20(24)7-9-21/h3-9,16H,10-15,17H2,1-2H3,(H2,25,27)(H,26,31). The zero-order valence-electron chi connectivity index (χ0n) is 18.2. The maximum absolute atomic E-state index is 13.1. The van der Waals surface area contributed by atoms with Crippen LogP contribution >= 0.6 is 0 Å². The van der Waals surface area contributed by atoms with Crippen molar-refractivity contribution in [3.63, 3.8) is 0 Å². The van der Waals surface area contributed by atoms with Gasteiger partial charge in [-0.15, -0.1) is 0 Å². The predicted octanol–water partition coefficient (Wildman–Crippen LogP) is 1.75. The summed E-state index contributed by atoms with van der Waals surface area (Å²) in [6, 6.07) is 14.0. The van der Waals surface area contributed by atoms with E-state index in [0.717, 1.165) is 44.0 Å². The van der Waals surface area contributed by atoms with Crippen molar-refractivity contribution >= 4 is 17.6 Å².